The largest absolute Gasteiger partial charge is 0.497 e. The number of aliphatic carboxylic acids is 1. The Hall–Kier alpha value is -2.45. The number of benzene rings is 1. The van der Waals surface area contributed by atoms with Crippen molar-refractivity contribution < 1.29 is 37.3 Å². The second kappa shape index (κ2) is 8.42. The Morgan fingerprint density at radius 3 is 2.42 bits per heavy atom. The number of rotatable bonds is 8. The minimum absolute atomic E-state index is 0.261. The van der Waals surface area contributed by atoms with Crippen molar-refractivity contribution in [3.05, 3.63) is 23.8 Å². The van der Waals surface area contributed by atoms with Gasteiger partial charge in [0.05, 0.1) is 33.1 Å². The second-order valence-electron chi connectivity index (χ2n) is 4.94. The van der Waals surface area contributed by atoms with Gasteiger partial charge in [-0.3, -0.25) is 9.59 Å². The summed E-state index contributed by atoms with van der Waals surface area (Å²) in [5.41, 5.74) is 0.334. The van der Waals surface area contributed by atoms with Crippen molar-refractivity contribution in [2.75, 3.05) is 14.2 Å². The van der Waals surface area contributed by atoms with Gasteiger partial charge in [-0.15, -0.1) is 0 Å². The fraction of sp³-hybridized carbons (Fsp3) is 0.467. The third-order valence-corrected chi connectivity index (χ3v) is 3.17. The number of nitrogens with one attached hydrogen (secondary N) is 1. The average molecular weight is 349 g/mol. The predicted octanol–water partition coefficient (Wildman–Crippen LogP) is 2.68. The smallest absolute Gasteiger partial charge is 0.389 e. The zero-order valence-corrected chi connectivity index (χ0v) is 13.1. The topological polar surface area (TPSA) is 84.9 Å². The van der Waals surface area contributed by atoms with Crippen LogP contribution in [0.3, 0.4) is 0 Å². The molecule has 0 bridgehead atoms. The molecule has 0 aliphatic rings. The average Bonchev–Trinajstić information content (AvgIpc) is 2.50. The van der Waals surface area contributed by atoms with E-state index in [4.69, 9.17) is 14.6 Å². The van der Waals surface area contributed by atoms with E-state index in [2.05, 4.69) is 5.32 Å². The van der Waals surface area contributed by atoms with Crippen molar-refractivity contribution in [1.82, 2.24) is 5.32 Å². The van der Waals surface area contributed by atoms with E-state index in [1.807, 2.05) is 0 Å². The quantitative estimate of drug-likeness (QED) is 0.754. The van der Waals surface area contributed by atoms with Crippen LogP contribution in [0.25, 0.3) is 0 Å². The fourth-order valence-electron chi connectivity index (χ4n) is 2.04. The maximum Gasteiger partial charge on any atom is 0.389 e. The first-order valence-electron chi connectivity index (χ1n) is 6.96. The first kappa shape index (κ1) is 19.6. The lowest BCUT2D eigenvalue weighted by Crippen LogP contribution is -2.31. The van der Waals surface area contributed by atoms with Crippen molar-refractivity contribution in [2.45, 2.75) is 31.5 Å². The molecule has 9 heteroatoms. The van der Waals surface area contributed by atoms with Crippen LogP contribution in [0.5, 0.6) is 11.5 Å². The summed E-state index contributed by atoms with van der Waals surface area (Å²) in [5.74, 6) is -1.39. The van der Waals surface area contributed by atoms with Crippen LogP contribution in [0.2, 0.25) is 0 Å². The summed E-state index contributed by atoms with van der Waals surface area (Å²) in [7, 11) is 2.78. The highest BCUT2D eigenvalue weighted by atomic mass is 19.4. The molecule has 0 aromatic heterocycles. The van der Waals surface area contributed by atoms with E-state index >= 15 is 0 Å². The number of ether oxygens (including phenoxy) is 2. The minimum atomic E-state index is -4.46. The number of methoxy groups -OCH3 is 2. The first-order valence-corrected chi connectivity index (χ1v) is 6.96. The van der Waals surface area contributed by atoms with Crippen LogP contribution in [0, 0.1) is 0 Å². The number of halogens is 3. The molecule has 1 amide bonds. The monoisotopic (exact) mass is 349 g/mol. The highest BCUT2D eigenvalue weighted by Crippen LogP contribution is 2.31. The molecule has 0 spiro atoms. The maximum absolute atomic E-state index is 12.2. The van der Waals surface area contributed by atoms with Gasteiger partial charge in [-0.05, 0) is 12.1 Å². The molecule has 0 saturated heterocycles. The van der Waals surface area contributed by atoms with Crippen LogP contribution in [0.1, 0.15) is 30.9 Å². The number of carboxylic acid groups (broad SMARTS) is 1. The van der Waals surface area contributed by atoms with E-state index in [1.54, 1.807) is 0 Å². The van der Waals surface area contributed by atoms with E-state index in [0.717, 1.165) is 0 Å². The molecule has 0 fully saturated rings. The number of hydrogen-bond donors (Lipinski definition) is 2. The Morgan fingerprint density at radius 1 is 1.25 bits per heavy atom. The second-order valence-corrected chi connectivity index (χ2v) is 4.94. The molecule has 0 aliphatic heterocycles. The van der Waals surface area contributed by atoms with E-state index in [-0.39, 0.29) is 5.75 Å². The van der Waals surface area contributed by atoms with E-state index in [1.165, 1.54) is 32.4 Å². The highest BCUT2D eigenvalue weighted by molar-refractivity contribution is 5.78. The molecule has 0 aliphatic carbocycles. The van der Waals surface area contributed by atoms with Crippen LogP contribution < -0.4 is 14.8 Å². The summed E-state index contributed by atoms with van der Waals surface area (Å²) in [6.45, 7) is 0. The van der Waals surface area contributed by atoms with Gasteiger partial charge >= 0.3 is 12.1 Å². The molecule has 24 heavy (non-hydrogen) atoms. The van der Waals surface area contributed by atoms with E-state index < -0.39 is 43.4 Å². The minimum Gasteiger partial charge on any atom is -0.497 e. The van der Waals surface area contributed by atoms with Crippen LogP contribution >= 0.6 is 0 Å². The summed E-state index contributed by atoms with van der Waals surface area (Å²) in [4.78, 5) is 22.7. The molecule has 1 aromatic rings. The predicted molar refractivity (Wildman–Crippen MR) is 78.0 cm³/mol. The molecule has 134 valence electrons. The molecule has 0 heterocycles. The summed E-state index contributed by atoms with van der Waals surface area (Å²) in [6.07, 6.45) is -7.02. The number of hydrogen-bond acceptors (Lipinski definition) is 4. The summed E-state index contributed by atoms with van der Waals surface area (Å²) in [6, 6.07) is 3.50. The van der Waals surface area contributed by atoms with Gasteiger partial charge in [-0.25, -0.2) is 0 Å². The van der Waals surface area contributed by atoms with Gasteiger partial charge in [0.15, 0.2) is 0 Å². The van der Waals surface area contributed by atoms with Gasteiger partial charge in [0.1, 0.15) is 11.5 Å². The van der Waals surface area contributed by atoms with Gasteiger partial charge in [0.25, 0.3) is 0 Å². The molecular weight excluding hydrogens is 331 g/mol. The molecule has 1 rings (SSSR count). The third kappa shape index (κ3) is 6.35. The fourth-order valence-corrected chi connectivity index (χ4v) is 2.04. The summed E-state index contributed by atoms with van der Waals surface area (Å²) < 4.78 is 46.7. The Bertz CT molecular complexity index is 589. The number of carbonyl (C=O) groups excluding carboxylic acids is 1. The number of amides is 1. The SMILES string of the molecule is COc1ccc(C(CC(=O)O)NC(=O)CCC(F)(F)F)c(OC)c1. The van der Waals surface area contributed by atoms with E-state index in [9.17, 15) is 22.8 Å². The Kier molecular flexibility index (Phi) is 6.87. The Labute approximate surface area is 136 Å². The first-order chi connectivity index (χ1) is 11.2. The zero-order chi connectivity index (χ0) is 18.3. The molecule has 2 N–H and O–H groups in total. The molecule has 0 radical (unpaired) electrons. The number of carbonyl (C=O) groups is 2. The van der Waals surface area contributed by atoms with Gasteiger partial charge in [-0.2, -0.15) is 13.2 Å². The van der Waals surface area contributed by atoms with Crippen LogP contribution in [-0.2, 0) is 9.59 Å². The number of carboxylic acids is 1. The van der Waals surface area contributed by atoms with Gasteiger partial charge in [0.2, 0.25) is 5.91 Å². The highest BCUT2D eigenvalue weighted by Gasteiger charge is 2.29. The lowest BCUT2D eigenvalue weighted by atomic mass is 10.0. The molecule has 1 atom stereocenters. The van der Waals surface area contributed by atoms with E-state index in [0.29, 0.717) is 11.3 Å². The van der Waals surface area contributed by atoms with Crippen molar-refractivity contribution in [2.24, 2.45) is 0 Å². The van der Waals surface area contributed by atoms with Gasteiger partial charge in [0, 0.05) is 18.1 Å². The zero-order valence-electron chi connectivity index (χ0n) is 13.1. The maximum atomic E-state index is 12.2. The van der Waals surface area contributed by atoms with Crippen molar-refractivity contribution in [3.8, 4) is 11.5 Å². The molecule has 0 saturated carbocycles. The Balaban J connectivity index is 2.97. The molecule has 6 nitrogen and oxygen atoms in total. The van der Waals surface area contributed by atoms with Crippen molar-refractivity contribution in [3.63, 3.8) is 0 Å². The standard InChI is InChI=1S/C15H18F3NO5/c1-23-9-3-4-10(12(7-9)24-2)11(8-14(21)22)19-13(20)5-6-15(16,17)18/h3-4,7,11H,5-6,8H2,1-2H3,(H,19,20)(H,21,22). The summed E-state index contributed by atoms with van der Waals surface area (Å²) >= 11 is 0. The Morgan fingerprint density at radius 2 is 1.92 bits per heavy atom. The normalized spacial score (nSPS) is 12.4. The van der Waals surface area contributed by atoms with Crippen LogP contribution in [-0.4, -0.2) is 37.4 Å². The molecule has 1 aromatic carbocycles. The summed E-state index contributed by atoms with van der Waals surface area (Å²) in [5, 5.41) is 11.3. The molecule has 1 unspecified atom stereocenters. The van der Waals surface area contributed by atoms with Gasteiger partial charge < -0.3 is 19.9 Å². The van der Waals surface area contributed by atoms with Crippen LogP contribution in [0.4, 0.5) is 13.2 Å². The third-order valence-electron chi connectivity index (χ3n) is 3.17. The number of alkyl halides is 3. The lowest BCUT2D eigenvalue weighted by molar-refractivity contribution is -0.145. The van der Waals surface area contributed by atoms with Crippen molar-refractivity contribution >= 4 is 11.9 Å². The van der Waals surface area contributed by atoms with Crippen LogP contribution in [0.15, 0.2) is 18.2 Å². The lowest BCUT2D eigenvalue weighted by Gasteiger charge is -2.20. The van der Waals surface area contributed by atoms with Crippen molar-refractivity contribution in [1.29, 1.82) is 0 Å². The molecular formula is C15H18F3NO5. The van der Waals surface area contributed by atoms with Gasteiger partial charge in [-0.1, -0.05) is 0 Å².